The topological polar surface area (TPSA) is 44.1 Å². The van der Waals surface area contributed by atoms with Crippen LogP contribution in [0.5, 0.6) is 5.75 Å². The van der Waals surface area contributed by atoms with E-state index < -0.39 is 0 Å². The van der Waals surface area contributed by atoms with Gasteiger partial charge in [-0.05, 0) is 17.0 Å². The molecule has 0 unspecified atom stereocenters. The molecule has 0 fully saturated rings. The van der Waals surface area contributed by atoms with Crippen molar-refractivity contribution in [2.45, 2.75) is 26.3 Å². The molecule has 2 rings (SSSR count). The number of hydrogen-bond donors (Lipinski definition) is 0. The molecule has 1 aromatic carbocycles. The Balaban J connectivity index is 2.28. The number of benzene rings is 1. The zero-order chi connectivity index (χ0) is 14.7. The molecule has 2 aromatic rings. The molecule has 0 amide bonds. The second kappa shape index (κ2) is 6.09. The quantitative estimate of drug-likeness (QED) is 0.814. The van der Waals surface area contributed by atoms with E-state index in [2.05, 4.69) is 31.0 Å². The summed E-state index contributed by atoms with van der Waals surface area (Å²) in [5.74, 6) is 0.567. The molecule has 1 aromatic heterocycles. The molecule has 1 heterocycles. The smallest absolute Gasteiger partial charge is 0.297 e. The van der Waals surface area contributed by atoms with Gasteiger partial charge in [0.15, 0.2) is 5.15 Å². The molecule has 0 spiro atoms. The Labute approximate surface area is 123 Å². The standard InChI is InChI=1S/C15H17ClN2O2/c1-10(2)12-6-4-11(5-7-12)8-18-9-17-14(16)13(20-3)15(18)19/h4-7,9-10H,8H2,1-3H3. The van der Waals surface area contributed by atoms with Crippen molar-refractivity contribution in [3.8, 4) is 5.75 Å². The third-order valence-corrected chi connectivity index (χ3v) is 3.43. The van der Waals surface area contributed by atoms with Gasteiger partial charge in [0, 0.05) is 0 Å². The van der Waals surface area contributed by atoms with E-state index in [1.807, 2.05) is 12.1 Å². The Bertz CT molecular complexity index is 648. The van der Waals surface area contributed by atoms with Crippen LogP contribution in [-0.2, 0) is 6.54 Å². The highest BCUT2D eigenvalue weighted by Crippen LogP contribution is 2.17. The summed E-state index contributed by atoms with van der Waals surface area (Å²) in [6.45, 7) is 4.73. The Hall–Kier alpha value is -1.81. The van der Waals surface area contributed by atoms with Crippen LogP contribution >= 0.6 is 11.6 Å². The van der Waals surface area contributed by atoms with Crippen molar-refractivity contribution >= 4 is 11.6 Å². The highest BCUT2D eigenvalue weighted by Gasteiger charge is 2.10. The van der Waals surface area contributed by atoms with Crippen LogP contribution in [-0.4, -0.2) is 16.7 Å². The minimum atomic E-state index is -0.277. The van der Waals surface area contributed by atoms with E-state index in [1.165, 1.54) is 23.6 Å². The second-order valence-corrected chi connectivity index (χ2v) is 5.26. The average molecular weight is 293 g/mol. The molecule has 0 bridgehead atoms. The molecule has 0 aliphatic heterocycles. The van der Waals surface area contributed by atoms with Crippen molar-refractivity contribution in [1.29, 1.82) is 0 Å². The number of hydrogen-bond acceptors (Lipinski definition) is 3. The largest absolute Gasteiger partial charge is 0.489 e. The van der Waals surface area contributed by atoms with Crippen LogP contribution < -0.4 is 10.3 Å². The SMILES string of the molecule is COc1c(Cl)ncn(Cc2ccc(C(C)C)cc2)c1=O. The average Bonchev–Trinajstić information content (AvgIpc) is 2.43. The minimum Gasteiger partial charge on any atom is -0.489 e. The Morgan fingerprint density at radius 1 is 1.30 bits per heavy atom. The van der Waals surface area contributed by atoms with Gasteiger partial charge in [-0.2, -0.15) is 0 Å². The molecule has 0 aliphatic rings. The molecule has 106 valence electrons. The molecule has 0 radical (unpaired) electrons. The third-order valence-electron chi connectivity index (χ3n) is 3.16. The summed E-state index contributed by atoms with van der Waals surface area (Å²) < 4.78 is 6.46. The van der Waals surface area contributed by atoms with Gasteiger partial charge in [-0.3, -0.25) is 9.36 Å². The lowest BCUT2D eigenvalue weighted by Gasteiger charge is -2.10. The molecule has 0 aliphatic carbocycles. The van der Waals surface area contributed by atoms with E-state index in [4.69, 9.17) is 16.3 Å². The molecular weight excluding hydrogens is 276 g/mol. The van der Waals surface area contributed by atoms with Crippen molar-refractivity contribution < 1.29 is 4.74 Å². The monoisotopic (exact) mass is 292 g/mol. The first-order valence-electron chi connectivity index (χ1n) is 6.40. The summed E-state index contributed by atoms with van der Waals surface area (Å²) in [5.41, 5.74) is 2.02. The fourth-order valence-electron chi connectivity index (χ4n) is 1.94. The lowest BCUT2D eigenvalue weighted by atomic mass is 10.0. The van der Waals surface area contributed by atoms with Crippen LogP contribution in [0.15, 0.2) is 35.4 Å². The van der Waals surface area contributed by atoms with E-state index >= 15 is 0 Å². The minimum absolute atomic E-state index is 0.0768. The van der Waals surface area contributed by atoms with E-state index in [0.29, 0.717) is 12.5 Å². The first kappa shape index (κ1) is 14.6. The van der Waals surface area contributed by atoms with Crippen molar-refractivity contribution in [2.24, 2.45) is 0 Å². The van der Waals surface area contributed by atoms with Crippen molar-refractivity contribution in [1.82, 2.24) is 9.55 Å². The van der Waals surface area contributed by atoms with Gasteiger partial charge in [0.25, 0.3) is 5.56 Å². The summed E-state index contributed by atoms with van der Waals surface area (Å²) in [6.07, 6.45) is 1.43. The van der Waals surface area contributed by atoms with Crippen LogP contribution in [0.25, 0.3) is 0 Å². The zero-order valence-electron chi connectivity index (χ0n) is 11.8. The van der Waals surface area contributed by atoms with Crippen LogP contribution in [0.2, 0.25) is 5.15 Å². The molecule has 0 N–H and O–H groups in total. The molecule has 20 heavy (non-hydrogen) atoms. The Kier molecular flexibility index (Phi) is 4.45. The number of halogens is 1. The fraction of sp³-hybridized carbons (Fsp3) is 0.333. The van der Waals surface area contributed by atoms with Gasteiger partial charge in [0.05, 0.1) is 20.0 Å². The predicted molar refractivity (Wildman–Crippen MR) is 79.7 cm³/mol. The summed E-state index contributed by atoms with van der Waals surface area (Å²) in [7, 11) is 1.41. The molecule has 5 heteroatoms. The predicted octanol–water partition coefficient (Wildman–Crippen LogP) is 3.08. The Morgan fingerprint density at radius 3 is 2.50 bits per heavy atom. The fourth-order valence-corrected chi connectivity index (χ4v) is 2.14. The highest BCUT2D eigenvalue weighted by atomic mass is 35.5. The van der Waals surface area contributed by atoms with Crippen molar-refractivity contribution in [3.05, 3.63) is 57.2 Å². The zero-order valence-corrected chi connectivity index (χ0v) is 12.5. The summed E-state index contributed by atoms with van der Waals surface area (Å²) in [4.78, 5) is 16.1. The summed E-state index contributed by atoms with van der Waals surface area (Å²) in [5, 5.41) is 0.0869. The molecular formula is C15H17ClN2O2. The molecule has 0 saturated carbocycles. The van der Waals surface area contributed by atoms with Gasteiger partial charge in [0.2, 0.25) is 5.75 Å². The van der Waals surface area contributed by atoms with Crippen LogP contribution in [0, 0.1) is 0 Å². The summed E-state index contributed by atoms with van der Waals surface area (Å²) in [6, 6.07) is 8.18. The highest BCUT2D eigenvalue weighted by molar-refractivity contribution is 6.30. The summed E-state index contributed by atoms with van der Waals surface area (Å²) >= 11 is 5.81. The number of nitrogens with zero attached hydrogens (tertiary/aromatic N) is 2. The number of aromatic nitrogens is 2. The molecule has 0 atom stereocenters. The van der Waals surface area contributed by atoms with E-state index in [0.717, 1.165) is 5.56 Å². The maximum absolute atomic E-state index is 12.1. The number of ether oxygens (including phenoxy) is 1. The second-order valence-electron chi connectivity index (χ2n) is 4.90. The van der Waals surface area contributed by atoms with Gasteiger partial charge in [-0.25, -0.2) is 4.98 Å². The first-order valence-corrected chi connectivity index (χ1v) is 6.78. The lowest BCUT2D eigenvalue weighted by Crippen LogP contribution is -2.22. The van der Waals surface area contributed by atoms with Gasteiger partial charge < -0.3 is 4.74 Å². The van der Waals surface area contributed by atoms with Crippen LogP contribution in [0.3, 0.4) is 0 Å². The van der Waals surface area contributed by atoms with Crippen molar-refractivity contribution in [3.63, 3.8) is 0 Å². The lowest BCUT2D eigenvalue weighted by molar-refractivity contribution is 0.401. The van der Waals surface area contributed by atoms with E-state index in [1.54, 1.807) is 0 Å². The molecule has 4 nitrogen and oxygen atoms in total. The molecule has 0 saturated heterocycles. The third kappa shape index (κ3) is 3.02. The van der Waals surface area contributed by atoms with Gasteiger partial charge in [0.1, 0.15) is 0 Å². The van der Waals surface area contributed by atoms with Gasteiger partial charge in [-0.15, -0.1) is 0 Å². The van der Waals surface area contributed by atoms with Gasteiger partial charge >= 0.3 is 0 Å². The van der Waals surface area contributed by atoms with Crippen molar-refractivity contribution in [2.75, 3.05) is 7.11 Å². The number of methoxy groups -OCH3 is 1. The number of rotatable bonds is 4. The normalized spacial score (nSPS) is 10.8. The van der Waals surface area contributed by atoms with Crippen LogP contribution in [0.4, 0.5) is 0 Å². The Morgan fingerprint density at radius 2 is 1.95 bits per heavy atom. The first-order chi connectivity index (χ1) is 9.52. The van der Waals surface area contributed by atoms with Gasteiger partial charge in [-0.1, -0.05) is 49.7 Å². The maximum atomic E-state index is 12.1. The maximum Gasteiger partial charge on any atom is 0.297 e. The van der Waals surface area contributed by atoms with E-state index in [-0.39, 0.29) is 16.5 Å². The van der Waals surface area contributed by atoms with E-state index in [9.17, 15) is 4.79 Å². The van der Waals surface area contributed by atoms with Crippen LogP contribution in [0.1, 0.15) is 30.9 Å².